The second-order valence-electron chi connectivity index (χ2n) is 5.43. The number of fused-ring (bicyclic) bond motifs is 2. The molecule has 0 atom stereocenters. The molecule has 0 amide bonds. The quantitative estimate of drug-likeness (QED) is 0.693. The van der Waals surface area contributed by atoms with Crippen LogP contribution in [-0.4, -0.2) is 15.9 Å². The lowest BCUT2D eigenvalue weighted by Crippen LogP contribution is -1.95. The Bertz CT molecular complexity index is 936. The minimum absolute atomic E-state index is 0.0379. The number of hydrogen-bond acceptors (Lipinski definition) is 3. The highest BCUT2D eigenvalue weighted by molar-refractivity contribution is 6.16. The van der Waals surface area contributed by atoms with E-state index in [1.54, 1.807) is 24.4 Å². The van der Waals surface area contributed by atoms with Crippen LogP contribution < -0.4 is 0 Å². The fourth-order valence-corrected chi connectivity index (χ4v) is 2.96. The monoisotopic (exact) mass is 287 g/mol. The molecule has 3 aromatic rings. The molecule has 0 aliphatic heterocycles. The van der Waals surface area contributed by atoms with E-state index in [-0.39, 0.29) is 11.5 Å². The fourth-order valence-electron chi connectivity index (χ4n) is 2.96. The van der Waals surface area contributed by atoms with Crippen LogP contribution in [0.2, 0.25) is 0 Å². The third kappa shape index (κ3) is 1.99. The number of aromatic hydroxyl groups is 1. The summed E-state index contributed by atoms with van der Waals surface area (Å²) in [6.07, 6.45) is 4.25. The average Bonchev–Trinajstić information content (AvgIpc) is 2.83. The number of phenolic OH excluding ortho intramolecular Hbond substituents is 1. The van der Waals surface area contributed by atoms with Gasteiger partial charge in [0.05, 0.1) is 5.52 Å². The zero-order valence-corrected chi connectivity index (χ0v) is 11.8. The second kappa shape index (κ2) is 4.81. The molecule has 106 valence electrons. The van der Waals surface area contributed by atoms with Gasteiger partial charge >= 0.3 is 0 Å². The van der Waals surface area contributed by atoms with Gasteiger partial charge in [0.2, 0.25) is 0 Å². The van der Waals surface area contributed by atoms with E-state index in [0.29, 0.717) is 12.0 Å². The van der Waals surface area contributed by atoms with E-state index in [0.717, 1.165) is 27.6 Å². The lowest BCUT2D eigenvalue weighted by atomic mass is 10.0. The maximum Gasteiger partial charge on any atom is 0.189 e. The van der Waals surface area contributed by atoms with Crippen molar-refractivity contribution in [3.63, 3.8) is 0 Å². The maximum absolute atomic E-state index is 12.5. The van der Waals surface area contributed by atoms with Gasteiger partial charge in [0.1, 0.15) is 5.75 Å². The summed E-state index contributed by atoms with van der Waals surface area (Å²) in [4.78, 5) is 16.8. The van der Waals surface area contributed by atoms with Crippen LogP contribution in [0.1, 0.15) is 21.5 Å². The first-order chi connectivity index (χ1) is 10.7. The van der Waals surface area contributed by atoms with Gasteiger partial charge in [0.15, 0.2) is 5.78 Å². The highest BCUT2D eigenvalue weighted by Gasteiger charge is 2.25. The number of phenols is 1. The first-order valence-corrected chi connectivity index (χ1v) is 7.13. The maximum atomic E-state index is 12.5. The lowest BCUT2D eigenvalue weighted by molar-refractivity contribution is 0.104. The van der Waals surface area contributed by atoms with Gasteiger partial charge in [-0.05, 0) is 47.5 Å². The van der Waals surface area contributed by atoms with Gasteiger partial charge in [-0.2, -0.15) is 0 Å². The van der Waals surface area contributed by atoms with Crippen LogP contribution in [0, 0.1) is 0 Å². The molecule has 0 bridgehead atoms. The molecular formula is C19H13NO2. The van der Waals surface area contributed by atoms with Gasteiger partial charge in [0.25, 0.3) is 0 Å². The van der Waals surface area contributed by atoms with Crippen LogP contribution in [0.4, 0.5) is 0 Å². The predicted molar refractivity (Wildman–Crippen MR) is 85.9 cm³/mol. The number of carbonyl (C=O) groups is 1. The number of nitrogens with zero attached hydrogens (tertiary/aromatic N) is 1. The summed E-state index contributed by atoms with van der Waals surface area (Å²) < 4.78 is 0. The molecule has 1 aromatic heterocycles. The van der Waals surface area contributed by atoms with Crippen LogP contribution in [0.3, 0.4) is 0 Å². The highest BCUT2D eigenvalue weighted by atomic mass is 16.3. The van der Waals surface area contributed by atoms with Crippen LogP contribution in [0.15, 0.2) is 60.3 Å². The second-order valence-corrected chi connectivity index (χ2v) is 5.43. The largest absolute Gasteiger partial charge is 0.508 e. The first kappa shape index (κ1) is 12.8. The standard InChI is InChI=1S/C19H13NO2/c21-15-6-7-17-13(11-15)10-14(19(17)22)9-12-3-1-5-18-16(12)4-2-8-20-18/h1-9,11,21H,10H2. The molecular weight excluding hydrogens is 274 g/mol. The van der Waals surface area contributed by atoms with Crippen molar-refractivity contribution < 1.29 is 9.90 Å². The van der Waals surface area contributed by atoms with Gasteiger partial charge in [0, 0.05) is 29.1 Å². The Morgan fingerprint density at radius 3 is 2.91 bits per heavy atom. The highest BCUT2D eigenvalue weighted by Crippen LogP contribution is 2.31. The molecule has 0 unspecified atom stereocenters. The average molecular weight is 287 g/mol. The Morgan fingerprint density at radius 2 is 2.00 bits per heavy atom. The van der Waals surface area contributed by atoms with Gasteiger partial charge < -0.3 is 5.11 Å². The van der Waals surface area contributed by atoms with Crippen molar-refractivity contribution in [2.75, 3.05) is 0 Å². The number of aromatic nitrogens is 1. The van der Waals surface area contributed by atoms with Crippen LogP contribution in [0.25, 0.3) is 17.0 Å². The molecule has 1 aliphatic carbocycles. The molecule has 0 saturated carbocycles. The van der Waals surface area contributed by atoms with E-state index in [1.807, 2.05) is 36.4 Å². The Kier molecular flexibility index (Phi) is 2.79. The molecule has 1 aliphatic rings. The summed E-state index contributed by atoms with van der Waals surface area (Å²) in [6, 6.07) is 14.7. The molecule has 22 heavy (non-hydrogen) atoms. The molecule has 1 heterocycles. The summed E-state index contributed by atoms with van der Waals surface area (Å²) >= 11 is 0. The minimum Gasteiger partial charge on any atom is -0.508 e. The van der Waals surface area contributed by atoms with E-state index >= 15 is 0 Å². The SMILES string of the molecule is O=C1C(=Cc2cccc3ncccc23)Cc2cc(O)ccc21. The third-order valence-electron chi connectivity index (χ3n) is 4.02. The van der Waals surface area contributed by atoms with Crippen molar-refractivity contribution in [3.8, 4) is 5.75 Å². The Hall–Kier alpha value is -2.94. The zero-order valence-electron chi connectivity index (χ0n) is 11.8. The number of benzene rings is 2. The summed E-state index contributed by atoms with van der Waals surface area (Å²) in [5, 5.41) is 10.6. The number of ketones is 1. The summed E-state index contributed by atoms with van der Waals surface area (Å²) in [5.74, 6) is 0.234. The molecule has 1 N–H and O–H groups in total. The van der Waals surface area contributed by atoms with Crippen LogP contribution >= 0.6 is 0 Å². The van der Waals surface area contributed by atoms with Crippen LogP contribution in [-0.2, 0) is 6.42 Å². The zero-order chi connectivity index (χ0) is 15.1. The van der Waals surface area contributed by atoms with Crippen LogP contribution in [0.5, 0.6) is 5.75 Å². The number of Topliss-reactive ketones (excluding diaryl/α,β-unsaturated/α-hetero) is 1. The van der Waals surface area contributed by atoms with Gasteiger partial charge in [-0.1, -0.05) is 18.2 Å². The van der Waals surface area contributed by atoms with Gasteiger partial charge in [-0.3, -0.25) is 9.78 Å². The van der Waals surface area contributed by atoms with Crippen molar-refractivity contribution in [1.82, 2.24) is 4.98 Å². The molecule has 0 radical (unpaired) electrons. The molecule has 4 rings (SSSR count). The molecule has 0 fully saturated rings. The lowest BCUT2D eigenvalue weighted by Gasteiger charge is -2.02. The fraction of sp³-hybridized carbons (Fsp3) is 0.0526. The van der Waals surface area contributed by atoms with E-state index in [1.165, 1.54) is 0 Å². The van der Waals surface area contributed by atoms with Gasteiger partial charge in [-0.25, -0.2) is 0 Å². The number of rotatable bonds is 1. The minimum atomic E-state index is 0.0379. The molecule has 0 saturated heterocycles. The first-order valence-electron chi connectivity index (χ1n) is 7.13. The van der Waals surface area contributed by atoms with Gasteiger partial charge in [-0.15, -0.1) is 0 Å². The van der Waals surface area contributed by atoms with E-state index in [9.17, 15) is 9.90 Å². The number of pyridine rings is 1. The van der Waals surface area contributed by atoms with Crippen molar-refractivity contribution in [1.29, 1.82) is 0 Å². The third-order valence-corrected chi connectivity index (χ3v) is 4.02. The molecule has 0 spiro atoms. The van der Waals surface area contributed by atoms with Crippen molar-refractivity contribution in [3.05, 3.63) is 77.0 Å². The van der Waals surface area contributed by atoms with E-state index in [4.69, 9.17) is 0 Å². The van der Waals surface area contributed by atoms with Crippen molar-refractivity contribution in [2.24, 2.45) is 0 Å². The molecule has 3 heteroatoms. The van der Waals surface area contributed by atoms with Crippen molar-refractivity contribution in [2.45, 2.75) is 6.42 Å². The summed E-state index contributed by atoms with van der Waals surface area (Å²) in [5.41, 5.74) is 4.22. The predicted octanol–water partition coefficient (Wildman–Crippen LogP) is 3.76. The Labute approximate surface area is 127 Å². The smallest absolute Gasteiger partial charge is 0.189 e. The summed E-state index contributed by atoms with van der Waals surface area (Å²) in [7, 11) is 0. The van der Waals surface area contributed by atoms with E-state index in [2.05, 4.69) is 4.98 Å². The number of hydrogen-bond donors (Lipinski definition) is 1. The topological polar surface area (TPSA) is 50.2 Å². The Morgan fingerprint density at radius 1 is 1.09 bits per heavy atom. The number of allylic oxidation sites excluding steroid dienone is 1. The normalized spacial score (nSPS) is 15.5. The van der Waals surface area contributed by atoms with Crippen molar-refractivity contribution >= 4 is 22.8 Å². The summed E-state index contributed by atoms with van der Waals surface area (Å²) in [6.45, 7) is 0. The number of carbonyl (C=O) groups excluding carboxylic acids is 1. The Balaban J connectivity index is 1.82. The molecule has 2 aromatic carbocycles. The molecule has 3 nitrogen and oxygen atoms in total. The van der Waals surface area contributed by atoms with E-state index < -0.39 is 0 Å².